The number of halogens is 4. The van der Waals surface area contributed by atoms with Gasteiger partial charge in [-0.1, -0.05) is 20.4 Å². The molecule has 0 aromatic rings. The molecule has 6 aliphatic rings. The maximum Gasteiger partial charge on any atom is 0.320 e. The fourth-order valence-electron chi connectivity index (χ4n) is 9.31. The molecule has 0 spiro atoms. The molecule has 6 fully saturated rings. The number of hydrogen-bond acceptors (Lipinski definition) is 7. The van der Waals surface area contributed by atoms with Crippen molar-refractivity contribution in [1.29, 1.82) is 0 Å². The molecule has 14 heteroatoms. The lowest BCUT2D eigenvalue weighted by molar-refractivity contribution is -0.172. The van der Waals surface area contributed by atoms with E-state index in [1.165, 1.54) is 6.08 Å². The van der Waals surface area contributed by atoms with Gasteiger partial charge in [-0.2, -0.15) is 0 Å². The van der Waals surface area contributed by atoms with E-state index in [4.69, 9.17) is 21.1 Å². The Morgan fingerprint density at radius 2 is 1.81 bits per heavy atom. The minimum Gasteiger partial charge on any atom is -0.371 e. The van der Waals surface area contributed by atoms with Gasteiger partial charge in [0, 0.05) is 54.5 Å². The van der Waals surface area contributed by atoms with Gasteiger partial charge in [0.05, 0.1) is 30.6 Å². The molecular formula is C33H52ClF3N6O4. The molecule has 3 N–H and O–H groups in total. The predicted molar refractivity (Wildman–Crippen MR) is 172 cm³/mol. The Morgan fingerprint density at radius 3 is 2.51 bits per heavy atom. The number of urea groups is 1. The summed E-state index contributed by atoms with van der Waals surface area (Å²) in [7, 11) is 0. The summed E-state index contributed by atoms with van der Waals surface area (Å²) in [5.41, 5.74) is 0. The van der Waals surface area contributed by atoms with Crippen LogP contribution in [0, 0.1) is 17.8 Å². The second-order valence-electron chi connectivity index (χ2n) is 15.0. The standard InChI is InChI=1S/C33H52ClF3N6O4/c1-6-25(44)41-13-19(5)42(14-18(41)4)30-20-12-21(34)28-26-22(35)8-7-9-23(26)46-15-33(36,37)16-47-24-10-11-38-27(17(2)3)29(24)43(31(20)39-28)32(45)40-30/h6,17-24,26-31,38-39H,1,7-16H2,2-5H3,(H,40,45)/t18-,19+,20?,21?,22?,23?,24?,26?,27?,28?,29?,30?,31?/m1/s1. The molecule has 11 unspecified atom stereocenters. The zero-order valence-corrected chi connectivity index (χ0v) is 28.7. The van der Waals surface area contributed by atoms with Gasteiger partial charge >= 0.3 is 6.03 Å². The molecule has 1 aliphatic carbocycles. The van der Waals surface area contributed by atoms with Crippen LogP contribution in [0.3, 0.4) is 0 Å². The van der Waals surface area contributed by atoms with Crippen LogP contribution in [0.2, 0.25) is 0 Å². The zero-order chi connectivity index (χ0) is 33.8. The number of carbonyl (C=O) groups excluding carboxylic acids is 2. The average Bonchev–Trinajstić information content (AvgIpc) is 3.03. The molecule has 5 aliphatic heterocycles. The van der Waals surface area contributed by atoms with Crippen molar-refractivity contribution in [2.24, 2.45) is 17.8 Å². The van der Waals surface area contributed by atoms with Gasteiger partial charge in [0.25, 0.3) is 5.92 Å². The smallest absolute Gasteiger partial charge is 0.320 e. The number of carbonyl (C=O) groups is 2. The van der Waals surface area contributed by atoms with E-state index in [2.05, 4.69) is 27.4 Å². The van der Waals surface area contributed by atoms with Gasteiger partial charge in [-0.3, -0.25) is 15.0 Å². The molecular weight excluding hydrogens is 637 g/mol. The number of hydrogen-bond donors (Lipinski definition) is 3. The van der Waals surface area contributed by atoms with Crippen LogP contribution in [-0.2, 0) is 14.3 Å². The second-order valence-corrected chi connectivity index (χ2v) is 15.6. The van der Waals surface area contributed by atoms with E-state index in [0.29, 0.717) is 51.7 Å². The first kappa shape index (κ1) is 35.2. The number of amides is 3. The Hall–Kier alpha value is -1.64. The van der Waals surface area contributed by atoms with Crippen molar-refractivity contribution in [1.82, 2.24) is 30.7 Å². The number of nitrogens with zero attached hydrogens (tertiary/aromatic N) is 3. The summed E-state index contributed by atoms with van der Waals surface area (Å²) in [6.07, 6.45) is -0.153. The quantitative estimate of drug-likeness (QED) is 0.309. The summed E-state index contributed by atoms with van der Waals surface area (Å²) in [5, 5.41) is 9.99. The Labute approximate surface area is 281 Å². The highest BCUT2D eigenvalue weighted by atomic mass is 35.5. The molecule has 5 saturated heterocycles. The van der Waals surface area contributed by atoms with Crippen molar-refractivity contribution in [3.63, 3.8) is 0 Å². The van der Waals surface area contributed by atoms with E-state index in [1.807, 2.05) is 27.7 Å². The SMILES string of the molecule is C=CC(=O)N1C[C@H](C)N(C2NC(=O)N3C4NC(C(Cl)CC42)C2C(F)CCCC2OCC(F)(F)COC2CCNC(C(C)C)C23)C[C@H]1C. The average molecular weight is 689 g/mol. The Kier molecular flexibility index (Phi) is 10.4. The summed E-state index contributed by atoms with van der Waals surface area (Å²) in [4.78, 5) is 32.9. The van der Waals surface area contributed by atoms with Crippen molar-refractivity contribution in [3.05, 3.63) is 12.7 Å². The normalized spacial score (nSPS) is 44.6. The van der Waals surface area contributed by atoms with Crippen LogP contribution < -0.4 is 16.0 Å². The maximum absolute atomic E-state index is 15.9. The van der Waals surface area contributed by atoms with Crippen LogP contribution in [0.5, 0.6) is 0 Å². The van der Waals surface area contributed by atoms with Crippen LogP contribution in [0.15, 0.2) is 12.7 Å². The van der Waals surface area contributed by atoms with Crippen molar-refractivity contribution in [2.45, 2.75) is 132 Å². The van der Waals surface area contributed by atoms with Gasteiger partial charge < -0.3 is 29.9 Å². The first-order chi connectivity index (χ1) is 22.3. The van der Waals surface area contributed by atoms with Crippen molar-refractivity contribution in [3.8, 4) is 0 Å². The summed E-state index contributed by atoms with van der Waals surface area (Å²) in [5.74, 6) is -4.33. The third-order valence-electron chi connectivity index (χ3n) is 11.6. The van der Waals surface area contributed by atoms with Gasteiger partial charge in [-0.15, -0.1) is 11.6 Å². The third-order valence-corrected chi connectivity index (χ3v) is 12.0. The van der Waals surface area contributed by atoms with Crippen LogP contribution >= 0.6 is 11.6 Å². The van der Waals surface area contributed by atoms with E-state index in [0.717, 1.165) is 0 Å². The van der Waals surface area contributed by atoms with Crippen LogP contribution in [-0.4, -0.2) is 132 Å². The molecule has 0 radical (unpaired) electrons. The summed E-state index contributed by atoms with van der Waals surface area (Å²) < 4.78 is 58.5. The monoisotopic (exact) mass is 688 g/mol. The molecule has 47 heavy (non-hydrogen) atoms. The highest BCUT2D eigenvalue weighted by molar-refractivity contribution is 6.21. The van der Waals surface area contributed by atoms with E-state index >= 15 is 13.2 Å². The van der Waals surface area contributed by atoms with Crippen LogP contribution in [0.1, 0.15) is 59.8 Å². The summed E-state index contributed by atoms with van der Waals surface area (Å²) >= 11 is 7.22. The van der Waals surface area contributed by atoms with Crippen LogP contribution in [0.25, 0.3) is 0 Å². The van der Waals surface area contributed by atoms with E-state index in [9.17, 15) is 9.59 Å². The molecule has 6 rings (SSSR count). The topological polar surface area (TPSA) is 98.4 Å². The lowest BCUT2D eigenvalue weighted by Gasteiger charge is -2.60. The first-order valence-electron chi connectivity index (χ1n) is 17.5. The Morgan fingerprint density at radius 1 is 1.09 bits per heavy atom. The molecule has 13 atom stereocenters. The largest absolute Gasteiger partial charge is 0.371 e. The summed E-state index contributed by atoms with van der Waals surface area (Å²) in [6, 6.07) is -1.95. The van der Waals surface area contributed by atoms with E-state index in [1.54, 1.807) is 9.80 Å². The number of piperazine rings is 1. The first-order valence-corrected chi connectivity index (χ1v) is 17.9. The number of nitrogens with one attached hydrogen (secondary N) is 3. The van der Waals surface area contributed by atoms with Gasteiger partial charge in [0.15, 0.2) is 0 Å². The fourth-order valence-corrected chi connectivity index (χ4v) is 9.76. The lowest BCUT2D eigenvalue weighted by atomic mass is 9.73. The zero-order valence-electron chi connectivity index (χ0n) is 27.9. The van der Waals surface area contributed by atoms with Gasteiger partial charge in [-0.25, -0.2) is 18.0 Å². The number of piperidine rings is 2. The second kappa shape index (κ2) is 13.9. The lowest BCUT2D eigenvalue weighted by Crippen LogP contribution is -2.80. The molecule has 3 amide bonds. The highest BCUT2D eigenvalue weighted by Gasteiger charge is 2.58. The van der Waals surface area contributed by atoms with Crippen molar-refractivity contribution in [2.75, 3.05) is 32.8 Å². The predicted octanol–water partition coefficient (Wildman–Crippen LogP) is 3.30. The summed E-state index contributed by atoms with van der Waals surface area (Å²) in [6.45, 7) is 11.6. The van der Waals surface area contributed by atoms with E-state index in [-0.39, 0.29) is 41.9 Å². The number of alkyl halides is 4. The maximum atomic E-state index is 15.9. The van der Waals surface area contributed by atoms with Crippen molar-refractivity contribution < 1.29 is 32.2 Å². The molecule has 5 heterocycles. The number of rotatable bonds is 3. The number of fused-ring (bicyclic) bond motifs is 5. The minimum atomic E-state index is -3.28. The molecule has 0 aromatic heterocycles. The van der Waals surface area contributed by atoms with Gasteiger partial charge in [-0.05, 0) is 64.5 Å². The molecule has 1 saturated carbocycles. The van der Waals surface area contributed by atoms with Crippen LogP contribution in [0.4, 0.5) is 18.0 Å². The minimum absolute atomic E-state index is 0.0596. The van der Waals surface area contributed by atoms with Gasteiger partial charge in [0.1, 0.15) is 19.4 Å². The Balaban J connectivity index is 1.41. The highest BCUT2D eigenvalue weighted by Crippen LogP contribution is 2.43. The molecule has 10 nitrogen and oxygen atoms in total. The number of ether oxygens (including phenoxy) is 2. The van der Waals surface area contributed by atoms with Gasteiger partial charge in [0.2, 0.25) is 5.91 Å². The molecule has 2 bridgehead atoms. The third kappa shape index (κ3) is 6.78. The Bertz CT molecular complexity index is 1170. The van der Waals surface area contributed by atoms with E-state index < -0.39 is 73.2 Å². The fraction of sp³-hybridized carbons (Fsp3) is 0.879. The van der Waals surface area contributed by atoms with Crippen molar-refractivity contribution >= 4 is 23.5 Å². The molecule has 266 valence electrons. The molecule has 0 aromatic carbocycles.